The molecular formula is C32H42N2O5. The first-order valence-electron chi connectivity index (χ1n) is 14.5. The molecule has 2 amide bonds. The van der Waals surface area contributed by atoms with Crippen molar-refractivity contribution >= 4 is 22.6 Å². The molecule has 1 heterocycles. The number of fused-ring (bicyclic) bond motifs is 1. The van der Waals surface area contributed by atoms with Crippen LogP contribution in [-0.2, 0) is 19.2 Å². The van der Waals surface area contributed by atoms with Gasteiger partial charge in [-0.1, -0.05) is 54.6 Å². The highest BCUT2D eigenvalue weighted by molar-refractivity contribution is 5.94. The van der Waals surface area contributed by atoms with Crippen molar-refractivity contribution in [3.05, 3.63) is 66.3 Å². The van der Waals surface area contributed by atoms with Crippen LogP contribution in [0.4, 0.5) is 0 Å². The van der Waals surface area contributed by atoms with E-state index in [0.29, 0.717) is 43.9 Å². The Labute approximate surface area is 231 Å². The summed E-state index contributed by atoms with van der Waals surface area (Å²) in [6.45, 7) is 1.51. The smallest absolute Gasteiger partial charge is 0.250 e. The highest BCUT2D eigenvalue weighted by Crippen LogP contribution is 2.26. The third kappa shape index (κ3) is 9.83. The normalized spacial score (nSPS) is 19.5. The molecule has 2 aromatic rings. The van der Waals surface area contributed by atoms with Gasteiger partial charge in [-0.15, -0.1) is 0 Å². The van der Waals surface area contributed by atoms with Gasteiger partial charge in [0, 0.05) is 31.4 Å². The van der Waals surface area contributed by atoms with E-state index in [0.717, 1.165) is 55.0 Å². The fraction of sp³-hybridized carbons (Fsp3) is 0.500. The van der Waals surface area contributed by atoms with Gasteiger partial charge in [0.25, 0.3) is 0 Å². The number of carbonyl (C=O) groups is 2. The summed E-state index contributed by atoms with van der Waals surface area (Å²) in [5.74, 6) is 1.06. The van der Waals surface area contributed by atoms with Crippen molar-refractivity contribution in [1.29, 1.82) is 0 Å². The molecule has 1 aliphatic heterocycles. The molecule has 210 valence electrons. The lowest BCUT2D eigenvalue weighted by Crippen LogP contribution is -2.32. The second-order valence-corrected chi connectivity index (χ2v) is 10.3. The van der Waals surface area contributed by atoms with Gasteiger partial charge >= 0.3 is 0 Å². The van der Waals surface area contributed by atoms with E-state index in [-0.39, 0.29) is 24.7 Å². The van der Waals surface area contributed by atoms with Crippen molar-refractivity contribution in [3.8, 4) is 5.75 Å². The van der Waals surface area contributed by atoms with Gasteiger partial charge in [-0.25, -0.2) is 10.3 Å². The molecule has 2 aliphatic rings. The zero-order chi connectivity index (χ0) is 27.1. The minimum Gasteiger partial charge on any atom is -0.488 e. The minimum absolute atomic E-state index is 0.0892. The van der Waals surface area contributed by atoms with Crippen molar-refractivity contribution in [2.24, 2.45) is 5.92 Å². The Balaban J connectivity index is 1.26. The summed E-state index contributed by atoms with van der Waals surface area (Å²) < 4.78 is 11.6. The molecule has 0 spiro atoms. The number of nitrogens with one attached hydrogen (secondary N) is 2. The van der Waals surface area contributed by atoms with Crippen molar-refractivity contribution in [1.82, 2.24) is 10.8 Å². The van der Waals surface area contributed by atoms with Crippen molar-refractivity contribution in [2.45, 2.75) is 76.9 Å². The standard InChI is InChI=1S/C32H42N2O5/c35-30(34-39-31-20-9-10-23-37-31)19-6-2-5-15-27(32(36)33-22-21-25-12-3-1-4-13-25)24-38-29-18-11-16-26-14-7-8-17-28(26)29/h3,7-8,11-12,14-18,25,31H,1-2,4-6,9-10,13,19-24H2,(H,33,36)(H,34,35). The molecule has 2 N–H and O–H groups in total. The Morgan fingerprint density at radius 1 is 1.03 bits per heavy atom. The highest BCUT2D eigenvalue weighted by Gasteiger charge is 2.16. The van der Waals surface area contributed by atoms with Gasteiger partial charge in [-0.05, 0) is 75.2 Å². The average molecular weight is 535 g/mol. The van der Waals surface area contributed by atoms with Crippen LogP contribution in [-0.4, -0.2) is 37.9 Å². The van der Waals surface area contributed by atoms with Crippen LogP contribution in [0.1, 0.15) is 70.6 Å². The number of carbonyl (C=O) groups excluding carboxylic acids is 2. The minimum atomic E-state index is -0.345. The monoisotopic (exact) mass is 534 g/mol. The highest BCUT2D eigenvalue weighted by atomic mass is 16.8. The lowest BCUT2D eigenvalue weighted by molar-refractivity contribution is -0.200. The van der Waals surface area contributed by atoms with Crippen LogP contribution in [0.2, 0.25) is 0 Å². The molecule has 0 bridgehead atoms. The number of hydrogen-bond acceptors (Lipinski definition) is 5. The van der Waals surface area contributed by atoms with Gasteiger partial charge in [0.2, 0.25) is 11.8 Å². The number of benzene rings is 2. The number of unbranched alkanes of at least 4 members (excludes halogenated alkanes) is 2. The molecule has 39 heavy (non-hydrogen) atoms. The predicted octanol–water partition coefficient (Wildman–Crippen LogP) is 6.14. The molecule has 7 nitrogen and oxygen atoms in total. The van der Waals surface area contributed by atoms with E-state index in [1.807, 2.05) is 36.4 Å². The van der Waals surface area contributed by atoms with E-state index in [9.17, 15) is 9.59 Å². The van der Waals surface area contributed by atoms with Crippen molar-refractivity contribution < 1.29 is 23.9 Å². The van der Waals surface area contributed by atoms with Crippen LogP contribution in [0.15, 0.2) is 66.3 Å². The van der Waals surface area contributed by atoms with Gasteiger partial charge in [0.15, 0.2) is 6.29 Å². The van der Waals surface area contributed by atoms with E-state index in [2.05, 4.69) is 35.1 Å². The molecule has 0 aromatic heterocycles. The lowest BCUT2D eigenvalue weighted by Gasteiger charge is -2.22. The maximum Gasteiger partial charge on any atom is 0.250 e. The molecule has 1 fully saturated rings. The topological polar surface area (TPSA) is 85.9 Å². The zero-order valence-corrected chi connectivity index (χ0v) is 22.9. The van der Waals surface area contributed by atoms with Gasteiger partial charge in [0.1, 0.15) is 12.4 Å². The number of hydroxylamine groups is 1. The van der Waals surface area contributed by atoms with Gasteiger partial charge in [-0.2, -0.15) is 0 Å². The molecule has 2 aromatic carbocycles. The number of rotatable bonds is 14. The summed E-state index contributed by atoms with van der Waals surface area (Å²) in [7, 11) is 0. The molecule has 7 heteroatoms. The van der Waals surface area contributed by atoms with Crippen molar-refractivity contribution in [3.63, 3.8) is 0 Å². The number of amides is 2. The van der Waals surface area contributed by atoms with E-state index in [4.69, 9.17) is 14.3 Å². The maximum absolute atomic E-state index is 13.1. The predicted molar refractivity (Wildman–Crippen MR) is 153 cm³/mol. The molecule has 1 saturated heterocycles. The van der Waals surface area contributed by atoms with Crippen LogP contribution in [0.25, 0.3) is 10.8 Å². The lowest BCUT2D eigenvalue weighted by atomic mass is 9.93. The van der Waals surface area contributed by atoms with E-state index < -0.39 is 0 Å². The molecule has 4 rings (SSSR count). The Bertz CT molecular complexity index is 1120. The van der Waals surface area contributed by atoms with Crippen LogP contribution in [0.5, 0.6) is 5.75 Å². The average Bonchev–Trinajstić information content (AvgIpc) is 2.98. The Morgan fingerprint density at radius 2 is 1.92 bits per heavy atom. The quantitative estimate of drug-likeness (QED) is 0.132. The molecule has 0 radical (unpaired) electrons. The SMILES string of the molecule is O=C(CCCCC=C(COc1cccc2ccccc12)C(=O)NCCC1C=CCCC1)NOC1CCCCO1. The largest absolute Gasteiger partial charge is 0.488 e. The van der Waals surface area contributed by atoms with Crippen LogP contribution in [0.3, 0.4) is 0 Å². The number of hydrogen-bond donors (Lipinski definition) is 2. The second-order valence-electron chi connectivity index (χ2n) is 10.3. The molecule has 2 unspecified atom stereocenters. The molecule has 1 aliphatic carbocycles. The third-order valence-corrected chi connectivity index (χ3v) is 7.27. The maximum atomic E-state index is 13.1. The van der Waals surface area contributed by atoms with E-state index >= 15 is 0 Å². The summed E-state index contributed by atoms with van der Waals surface area (Å²) in [6, 6.07) is 14.0. The fourth-order valence-electron chi connectivity index (χ4n) is 4.99. The summed E-state index contributed by atoms with van der Waals surface area (Å²) in [5, 5.41) is 5.22. The van der Waals surface area contributed by atoms with Crippen LogP contribution < -0.4 is 15.5 Å². The van der Waals surface area contributed by atoms with Crippen LogP contribution in [0, 0.1) is 5.92 Å². The molecular weight excluding hydrogens is 492 g/mol. The Morgan fingerprint density at radius 3 is 2.77 bits per heavy atom. The first-order valence-corrected chi connectivity index (χ1v) is 14.5. The van der Waals surface area contributed by atoms with Crippen molar-refractivity contribution in [2.75, 3.05) is 19.8 Å². The van der Waals surface area contributed by atoms with E-state index in [1.165, 1.54) is 12.8 Å². The second kappa shape index (κ2) is 16.1. The first-order chi connectivity index (χ1) is 19.2. The van der Waals surface area contributed by atoms with Gasteiger partial charge in [0.05, 0.1) is 5.57 Å². The van der Waals surface area contributed by atoms with Gasteiger partial charge in [-0.3, -0.25) is 9.59 Å². The zero-order valence-electron chi connectivity index (χ0n) is 22.9. The van der Waals surface area contributed by atoms with E-state index in [1.54, 1.807) is 0 Å². The van der Waals surface area contributed by atoms with Gasteiger partial charge < -0.3 is 14.8 Å². The summed E-state index contributed by atoms with van der Waals surface area (Å²) >= 11 is 0. The molecule has 0 saturated carbocycles. The molecule has 2 atom stereocenters. The third-order valence-electron chi connectivity index (χ3n) is 7.27. The van der Waals surface area contributed by atoms with Crippen LogP contribution >= 0.6 is 0 Å². The summed E-state index contributed by atoms with van der Waals surface area (Å²) in [5.41, 5.74) is 3.12. The Kier molecular flexibility index (Phi) is 11.9. The summed E-state index contributed by atoms with van der Waals surface area (Å²) in [4.78, 5) is 30.6. The Hall–Kier alpha value is -3.16. The summed E-state index contributed by atoms with van der Waals surface area (Å²) in [6.07, 6.45) is 16.1. The fourth-order valence-corrected chi connectivity index (χ4v) is 4.99. The first kappa shape index (κ1) is 28.8. The number of ether oxygens (including phenoxy) is 2. The number of allylic oxidation sites excluding steroid dienone is 3.